The second-order valence-corrected chi connectivity index (χ2v) is 4.77. The molecule has 0 fully saturated rings. The Hall–Kier alpha value is -2.90. The van der Waals surface area contributed by atoms with Crippen molar-refractivity contribution < 1.29 is 22.4 Å². The topological polar surface area (TPSA) is 53.5 Å². The van der Waals surface area contributed by atoms with Gasteiger partial charge in [-0.05, 0) is 42.0 Å². The van der Waals surface area contributed by atoms with Crippen LogP contribution in [-0.4, -0.2) is 18.7 Å². The van der Waals surface area contributed by atoms with Crippen LogP contribution in [0.3, 0.4) is 0 Å². The molecule has 126 valence electrons. The molecule has 0 aliphatic heterocycles. The van der Waals surface area contributed by atoms with Gasteiger partial charge in [-0.3, -0.25) is 4.79 Å². The van der Waals surface area contributed by atoms with E-state index in [-0.39, 0.29) is 12.4 Å². The number of rotatable bonds is 5. The molecule has 0 bridgehead atoms. The van der Waals surface area contributed by atoms with Crippen molar-refractivity contribution in [2.24, 2.45) is 5.10 Å². The molecule has 0 spiro atoms. The smallest absolute Gasteiger partial charge is 0.376 e. The number of halogens is 4. The maximum absolute atomic E-state index is 12.7. The minimum Gasteiger partial charge on any atom is -0.376 e. The quantitative estimate of drug-likeness (QED) is 0.498. The molecule has 8 heteroatoms. The van der Waals surface area contributed by atoms with Crippen LogP contribution in [0.15, 0.2) is 53.6 Å². The Balaban J connectivity index is 1.80. The molecule has 0 saturated carbocycles. The van der Waals surface area contributed by atoms with Crippen molar-refractivity contribution in [1.82, 2.24) is 5.43 Å². The molecule has 2 rings (SSSR count). The molecule has 2 aromatic carbocycles. The van der Waals surface area contributed by atoms with Gasteiger partial charge in [0.15, 0.2) is 0 Å². The van der Waals surface area contributed by atoms with Gasteiger partial charge in [-0.25, -0.2) is 9.82 Å². The maximum atomic E-state index is 12.7. The van der Waals surface area contributed by atoms with Crippen molar-refractivity contribution >= 4 is 17.8 Å². The van der Waals surface area contributed by atoms with Crippen LogP contribution in [0.4, 0.5) is 23.2 Å². The van der Waals surface area contributed by atoms with E-state index in [9.17, 15) is 22.4 Å². The van der Waals surface area contributed by atoms with E-state index < -0.39 is 17.6 Å². The molecule has 0 aliphatic carbocycles. The molecule has 4 nitrogen and oxygen atoms in total. The summed E-state index contributed by atoms with van der Waals surface area (Å²) in [6.07, 6.45) is -3.16. The van der Waals surface area contributed by atoms with Gasteiger partial charge in [-0.2, -0.15) is 18.3 Å². The van der Waals surface area contributed by atoms with Crippen LogP contribution < -0.4 is 10.7 Å². The molecule has 0 saturated heterocycles. The number of carbonyl (C=O) groups is 1. The number of nitrogens with one attached hydrogen (secondary N) is 2. The monoisotopic (exact) mass is 339 g/mol. The van der Waals surface area contributed by atoms with Gasteiger partial charge in [0.05, 0.1) is 18.3 Å². The van der Waals surface area contributed by atoms with Gasteiger partial charge in [0.1, 0.15) is 5.82 Å². The summed E-state index contributed by atoms with van der Waals surface area (Å²) < 4.78 is 49.9. The van der Waals surface area contributed by atoms with Crippen LogP contribution in [0, 0.1) is 5.82 Å². The van der Waals surface area contributed by atoms with E-state index in [1.165, 1.54) is 42.6 Å². The fourth-order valence-corrected chi connectivity index (χ4v) is 1.73. The highest BCUT2D eigenvalue weighted by Gasteiger charge is 2.29. The lowest BCUT2D eigenvalue weighted by atomic mass is 10.1. The Morgan fingerprint density at radius 3 is 2.25 bits per heavy atom. The average molecular weight is 339 g/mol. The molecule has 1 amide bonds. The largest absolute Gasteiger partial charge is 0.416 e. The van der Waals surface area contributed by atoms with E-state index >= 15 is 0 Å². The molecule has 0 aromatic heterocycles. The van der Waals surface area contributed by atoms with Crippen LogP contribution in [-0.2, 0) is 11.0 Å². The fourth-order valence-electron chi connectivity index (χ4n) is 1.73. The minimum absolute atomic E-state index is 0.0873. The van der Waals surface area contributed by atoms with Crippen LogP contribution >= 0.6 is 0 Å². The van der Waals surface area contributed by atoms with Gasteiger partial charge >= 0.3 is 6.18 Å². The number of carbonyl (C=O) groups excluding carboxylic acids is 1. The molecule has 0 heterocycles. The second-order valence-electron chi connectivity index (χ2n) is 4.77. The van der Waals surface area contributed by atoms with Gasteiger partial charge in [-0.1, -0.05) is 12.1 Å². The fraction of sp³-hybridized carbons (Fsp3) is 0.125. The maximum Gasteiger partial charge on any atom is 0.416 e. The summed E-state index contributed by atoms with van der Waals surface area (Å²) in [6, 6.07) is 9.82. The number of benzene rings is 2. The van der Waals surface area contributed by atoms with E-state index in [1.54, 1.807) is 0 Å². The zero-order chi connectivity index (χ0) is 17.6. The van der Waals surface area contributed by atoms with Gasteiger partial charge < -0.3 is 5.32 Å². The number of hydrogen-bond donors (Lipinski definition) is 2. The molecular formula is C16H13F4N3O. The Labute approximate surface area is 135 Å². The first-order valence-corrected chi connectivity index (χ1v) is 6.83. The Morgan fingerprint density at radius 2 is 1.67 bits per heavy atom. The van der Waals surface area contributed by atoms with E-state index in [0.717, 1.165) is 12.1 Å². The van der Waals surface area contributed by atoms with Crippen molar-refractivity contribution in [3.8, 4) is 0 Å². The number of hydrogen-bond acceptors (Lipinski definition) is 3. The Morgan fingerprint density at radius 1 is 1.04 bits per heavy atom. The molecule has 0 radical (unpaired) electrons. The van der Waals surface area contributed by atoms with Crippen LogP contribution in [0.1, 0.15) is 11.1 Å². The number of hydrazone groups is 1. The molecule has 2 N–H and O–H groups in total. The number of nitrogens with zero attached hydrogens (tertiary/aromatic N) is 1. The highest BCUT2D eigenvalue weighted by Crippen LogP contribution is 2.28. The molecule has 2 aromatic rings. The Bertz CT molecular complexity index is 710. The summed E-state index contributed by atoms with van der Waals surface area (Å²) >= 11 is 0. The van der Waals surface area contributed by atoms with Gasteiger partial charge in [0.2, 0.25) is 0 Å². The summed E-state index contributed by atoms with van der Waals surface area (Å²) in [5, 5.41) is 6.42. The first-order valence-electron chi connectivity index (χ1n) is 6.83. The van der Waals surface area contributed by atoms with E-state index in [0.29, 0.717) is 11.3 Å². The van der Waals surface area contributed by atoms with Crippen LogP contribution in [0.5, 0.6) is 0 Å². The van der Waals surface area contributed by atoms with E-state index in [2.05, 4.69) is 15.8 Å². The lowest BCUT2D eigenvalue weighted by molar-refractivity contribution is -0.137. The van der Waals surface area contributed by atoms with Gasteiger partial charge in [0, 0.05) is 5.69 Å². The molecule has 0 atom stereocenters. The van der Waals surface area contributed by atoms with Gasteiger partial charge in [0.25, 0.3) is 5.91 Å². The predicted molar refractivity (Wildman–Crippen MR) is 82.1 cm³/mol. The summed E-state index contributed by atoms with van der Waals surface area (Å²) in [4.78, 5) is 11.5. The normalized spacial score (nSPS) is 11.5. The molecular weight excluding hydrogens is 326 g/mol. The van der Waals surface area contributed by atoms with Gasteiger partial charge in [-0.15, -0.1) is 0 Å². The zero-order valence-corrected chi connectivity index (χ0v) is 12.3. The van der Waals surface area contributed by atoms with Crippen molar-refractivity contribution in [3.63, 3.8) is 0 Å². The number of alkyl halides is 3. The SMILES string of the molecule is O=C(CNc1ccc(F)cc1)NN=Cc1ccc(C(F)(F)F)cc1. The number of anilines is 1. The second kappa shape index (κ2) is 7.58. The summed E-state index contributed by atoms with van der Waals surface area (Å²) in [5.41, 5.74) is 2.45. The summed E-state index contributed by atoms with van der Waals surface area (Å²) in [7, 11) is 0. The van der Waals surface area contributed by atoms with Crippen molar-refractivity contribution in [2.45, 2.75) is 6.18 Å². The standard InChI is InChI=1S/C16H13F4N3O/c17-13-5-7-14(8-6-13)21-10-15(24)23-22-9-11-1-3-12(4-2-11)16(18,19)20/h1-9,21H,10H2,(H,23,24). The van der Waals surface area contributed by atoms with Crippen LogP contribution in [0.2, 0.25) is 0 Å². The first kappa shape index (κ1) is 17.5. The van der Waals surface area contributed by atoms with E-state index in [1.807, 2.05) is 0 Å². The van der Waals surface area contributed by atoms with Crippen molar-refractivity contribution in [3.05, 3.63) is 65.5 Å². The molecule has 24 heavy (non-hydrogen) atoms. The molecule has 0 aliphatic rings. The third-order valence-electron chi connectivity index (χ3n) is 2.94. The zero-order valence-electron chi connectivity index (χ0n) is 12.3. The minimum atomic E-state index is -4.39. The van der Waals surface area contributed by atoms with Crippen molar-refractivity contribution in [2.75, 3.05) is 11.9 Å². The number of amides is 1. The lowest BCUT2D eigenvalue weighted by Crippen LogP contribution is -2.25. The third kappa shape index (κ3) is 5.38. The lowest BCUT2D eigenvalue weighted by Gasteiger charge is -2.06. The average Bonchev–Trinajstić information content (AvgIpc) is 2.54. The summed E-state index contributed by atoms with van der Waals surface area (Å²) in [6.45, 7) is -0.0873. The first-order chi connectivity index (χ1) is 11.3. The highest BCUT2D eigenvalue weighted by atomic mass is 19.4. The predicted octanol–water partition coefficient (Wildman–Crippen LogP) is 3.41. The highest BCUT2D eigenvalue weighted by molar-refractivity contribution is 5.84. The Kier molecular flexibility index (Phi) is 5.51. The summed E-state index contributed by atoms with van der Waals surface area (Å²) in [5.74, 6) is -0.839. The van der Waals surface area contributed by atoms with Crippen molar-refractivity contribution in [1.29, 1.82) is 0 Å². The van der Waals surface area contributed by atoms with E-state index in [4.69, 9.17) is 0 Å². The third-order valence-corrected chi connectivity index (χ3v) is 2.94. The molecule has 0 unspecified atom stereocenters. The van der Waals surface area contributed by atoms with Crippen LogP contribution in [0.25, 0.3) is 0 Å².